The SMILES string of the molecule is CNC(COC(C)(C)C)C1CCCc2cccnc21. The van der Waals surface area contributed by atoms with Gasteiger partial charge in [-0.05, 0) is 58.7 Å². The second-order valence-corrected chi connectivity index (χ2v) is 6.37. The van der Waals surface area contributed by atoms with E-state index < -0.39 is 0 Å². The Morgan fingerprint density at radius 3 is 2.95 bits per heavy atom. The van der Waals surface area contributed by atoms with E-state index in [4.69, 9.17) is 4.74 Å². The van der Waals surface area contributed by atoms with Gasteiger partial charge in [0.15, 0.2) is 0 Å². The monoisotopic (exact) mass is 262 g/mol. The highest BCUT2D eigenvalue weighted by Gasteiger charge is 2.29. The minimum absolute atomic E-state index is 0.0866. The number of nitrogens with one attached hydrogen (secondary N) is 1. The molecule has 1 aliphatic carbocycles. The van der Waals surface area contributed by atoms with Crippen molar-refractivity contribution in [2.45, 2.75) is 57.6 Å². The first-order chi connectivity index (χ1) is 9.01. The number of nitrogens with zero attached hydrogens (tertiary/aromatic N) is 1. The largest absolute Gasteiger partial charge is 0.374 e. The number of ether oxygens (including phenoxy) is 1. The first-order valence-electron chi connectivity index (χ1n) is 7.26. The van der Waals surface area contributed by atoms with Crippen LogP contribution in [0.4, 0.5) is 0 Å². The zero-order valence-corrected chi connectivity index (χ0v) is 12.6. The molecule has 0 bridgehead atoms. The molecule has 2 unspecified atom stereocenters. The molecule has 3 heteroatoms. The van der Waals surface area contributed by atoms with Crippen molar-refractivity contribution in [3.05, 3.63) is 29.6 Å². The number of rotatable bonds is 4. The van der Waals surface area contributed by atoms with Crippen molar-refractivity contribution in [2.75, 3.05) is 13.7 Å². The standard InChI is InChI=1S/C16H26N2O/c1-16(2,3)19-11-14(17-4)13-9-5-7-12-8-6-10-18-15(12)13/h6,8,10,13-14,17H,5,7,9,11H2,1-4H3. The molecule has 2 atom stereocenters. The molecule has 0 aliphatic heterocycles. The molecule has 106 valence electrons. The van der Waals surface area contributed by atoms with Crippen LogP contribution in [0.3, 0.4) is 0 Å². The van der Waals surface area contributed by atoms with Gasteiger partial charge in [-0.25, -0.2) is 0 Å². The van der Waals surface area contributed by atoms with E-state index in [-0.39, 0.29) is 5.60 Å². The van der Waals surface area contributed by atoms with Crippen LogP contribution in [0.25, 0.3) is 0 Å². The van der Waals surface area contributed by atoms with Gasteiger partial charge in [0.25, 0.3) is 0 Å². The molecule has 1 N–H and O–H groups in total. The van der Waals surface area contributed by atoms with E-state index in [1.165, 1.54) is 24.1 Å². The maximum atomic E-state index is 5.96. The molecule has 19 heavy (non-hydrogen) atoms. The summed E-state index contributed by atoms with van der Waals surface area (Å²) in [5.41, 5.74) is 2.59. The number of aryl methyl sites for hydroxylation is 1. The van der Waals surface area contributed by atoms with Gasteiger partial charge in [0, 0.05) is 23.9 Å². The topological polar surface area (TPSA) is 34.1 Å². The fraction of sp³-hybridized carbons (Fsp3) is 0.688. The second-order valence-electron chi connectivity index (χ2n) is 6.37. The lowest BCUT2D eigenvalue weighted by Gasteiger charge is -2.33. The Hall–Kier alpha value is -0.930. The maximum absolute atomic E-state index is 5.96. The van der Waals surface area contributed by atoms with Gasteiger partial charge >= 0.3 is 0 Å². The number of aromatic nitrogens is 1. The van der Waals surface area contributed by atoms with E-state index in [1.54, 1.807) is 0 Å². The summed E-state index contributed by atoms with van der Waals surface area (Å²) in [6.45, 7) is 7.05. The summed E-state index contributed by atoms with van der Waals surface area (Å²) in [6, 6.07) is 4.60. The average molecular weight is 262 g/mol. The molecule has 0 saturated carbocycles. The Bertz CT molecular complexity index is 411. The molecule has 0 fully saturated rings. The lowest BCUT2D eigenvalue weighted by Crippen LogP contribution is -2.40. The van der Waals surface area contributed by atoms with Crippen LogP contribution in [0.5, 0.6) is 0 Å². The van der Waals surface area contributed by atoms with Crippen LogP contribution in [0.15, 0.2) is 18.3 Å². The Morgan fingerprint density at radius 1 is 1.47 bits per heavy atom. The van der Waals surface area contributed by atoms with Crippen molar-refractivity contribution in [1.82, 2.24) is 10.3 Å². The Balaban J connectivity index is 2.11. The zero-order valence-electron chi connectivity index (χ0n) is 12.6. The smallest absolute Gasteiger partial charge is 0.0633 e. The molecule has 3 nitrogen and oxygen atoms in total. The van der Waals surface area contributed by atoms with E-state index in [0.29, 0.717) is 12.0 Å². The number of fused-ring (bicyclic) bond motifs is 1. The van der Waals surface area contributed by atoms with E-state index in [0.717, 1.165) is 13.0 Å². The molecule has 1 aromatic heterocycles. The van der Waals surface area contributed by atoms with Crippen molar-refractivity contribution in [3.8, 4) is 0 Å². The first-order valence-corrected chi connectivity index (χ1v) is 7.26. The highest BCUT2D eigenvalue weighted by Crippen LogP contribution is 2.32. The van der Waals surface area contributed by atoms with Crippen LogP contribution in [0.1, 0.15) is 50.8 Å². The molecule has 0 saturated heterocycles. The molecule has 0 aromatic carbocycles. The quantitative estimate of drug-likeness (QED) is 0.906. The summed E-state index contributed by atoms with van der Waals surface area (Å²) in [5.74, 6) is 0.470. The molecular formula is C16H26N2O. The van der Waals surface area contributed by atoms with Gasteiger partial charge in [-0.1, -0.05) is 6.07 Å². The van der Waals surface area contributed by atoms with Crippen molar-refractivity contribution < 1.29 is 4.74 Å². The molecule has 0 radical (unpaired) electrons. The average Bonchev–Trinajstić information content (AvgIpc) is 2.38. The molecule has 1 aliphatic rings. The van der Waals surface area contributed by atoms with Crippen LogP contribution in [0.2, 0.25) is 0 Å². The van der Waals surface area contributed by atoms with Crippen molar-refractivity contribution in [3.63, 3.8) is 0 Å². The van der Waals surface area contributed by atoms with Gasteiger partial charge < -0.3 is 10.1 Å². The third-order valence-electron chi connectivity index (χ3n) is 3.79. The lowest BCUT2D eigenvalue weighted by atomic mass is 9.82. The van der Waals surface area contributed by atoms with Crippen LogP contribution in [0, 0.1) is 0 Å². The van der Waals surface area contributed by atoms with E-state index in [9.17, 15) is 0 Å². The third-order valence-corrected chi connectivity index (χ3v) is 3.79. The van der Waals surface area contributed by atoms with Crippen LogP contribution >= 0.6 is 0 Å². The minimum Gasteiger partial charge on any atom is -0.374 e. The second kappa shape index (κ2) is 6.02. The lowest BCUT2D eigenvalue weighted by molar-refractivity contribution is -0.0177. The van der Waals surface area contributed by atoms with Gasteiger partial charge in [0.1, 0.15) is 0 Å². The van der Waals surface area contributed by atoms with E-state index in [2.05, 4.69) is 37.1 Å². The van der Waals surface area contributed by atoms with E-state index >= 15 is 0 Å². The molecule has 0 amide bonds. The fourth-order valence-corrected chi connectivity index (χ4v) is 2.78. The Kier molecular flexibility index (Phi) is 4.58. The van der Waals surface area contributed by atoms with E-state index in [1.807, 2.05) is 19.3 Å². The predicted molar refractivity (Wildman–Crippen MR) is 78.5 cm³/mol. The number of pyridine rings is 1. The summed E-state index contributed by atoms with van der Waals surface area (Å²) in [5, 5.41) is 3.42. The predicted octanol–water partition coefficient (Wildman–Crippen LogP) is 2.90. The third kappa shape index (κ3) is 3.77. The number of likely N-dealkylation sites (N-methyl/N-ethyl adjacent to an activating group) is 1. The highest BCUT2D eigenvalue weighted by atomic mass is 16.5. The molecule has 1 aromatic rings. The summed E-state index contributed by atoms with van der Waals surface area (Å²) < 4.78 is 5.96. The molecular weight excluding hydrogens is 236 g/mol. The summed E-state index contributed by atoms with van der Waals surface area (Å²) in [4.78, 5) is 4.62. The van der Waals surface area contributed by atoms with Gasteiger partial charge in [-0.3, -0.25) is 4.98 Å². The van der Waals surface area contributed by atoms with Gasteiger partial charge in [0.05, 0.1) is 12.2 Å². The van der Waals surface area contributed by atoms with Crippen LogP contribution < -0.4 is 5.32 Å². The summed E-state index contributed by atoms with van der Waals surface area (Å²) in [7, 11) is 2.02. The molecule has 1 heterocycles. The fourth-order valence-electron chi connectivity index (χ4n) is 2.78. The van der Waals surface area contributed by atoms with Gasteiger partial charge in [0.2, 0.25) is 0 Å². The van der Waals surface area contributed by atoms with Crippen molar-refractivity contribution in [2.24, 2.45) is 0 Å². The number of hydrogen-bond acceptors (Lipinski definition) is 3. The Labute approximate surface area is 116 Å². The zero-order chi connectivity index (χ0) is 13.9. The highest BCUT2D eigenvalue weighted by molar-refractivity contribution is 5.27. The first kappa shape index (κ1) is 14.5. The van der Waals surface area contributed by atoms with Gasteiger partial charge in [-0.2, -0.15) is 0 Å². The minimum atomic E-state index is -0.0866. The molecule has 2 rings (SSSR count). The normalized spacial score (nSPS) is 20.9. The summed E-state index contributed by atoms with van der Waals surface area (Å²) in [6.07, 6.45) is 5.52. The van der Waals surface area contributed by atoms with Crippen LogP contribution in [-0.2, 0) is 11.2 Å². The summed E-state index contributed by atoms with van der Waals surface area (Å²) >= 11 is 0. The van der Waals surface area contributed by atoms with Crippen molar-refractivity contribution >= 4 is 0 Å². The van der Waals surface area contributed by atoms with Crippen LogP contribution in [-0.4, -0.2) is 30.3 Å². The maximum Gasteiger partial charge on any atom is 0.0633 e. The van der Waals surface area contributed by atoms with Gasteiger partial charge in [-0.15, -0.1) is 0 Å². The van der Waals surface area contributed by atoms with Crippen molar-refractivity contribution in [1.29, 1.82) is 0 Å². The Morgan fingerprint density at radius 2 is 2.26 bits per heavy atom. The molecule has 0 spiro atoms. The number of hydrogen-bond donors (Lipinski definition) is 1.